The molecule has 3 nitrogen and oxygen atoms in total. The molecule has 2 N–H and O–H groups in total. The summed E-state index contributed by atoms with van der Waals surface area (Å²) in [5, 5.41) is 0. The van der Waals surface area contributed by atoms with Gasteiger partial charge >= 0.3 is 0 Å². The Morgan fingerprint density at radius 3 is 2.59 bits per heavy atom. The van der Waals surface area contributed by atoms with Gasteiger partial charge in [-0.2, -0.15) is 0 Å². The van der Waals surface area contributed by atoms with Crippen LogP contribution in [0.4, 0.5) is 0 Å². The third-order valence-corrected chi connectivity index (χ3v) is 3.28. The molecule has 0 saturated heterocycles. The fourth-order valence-electron chi connectivity index (χ4n) is 2.15. The van der Waals surface area contributed by atoms with Crippen LogP contribution in [0.5, 0.6) is 5.75 Å². The van der Waals surface area contributed by atoms with Gasteiger partial charge in [-0.3, -0.25) is 0 Å². The van der Waals surface area contributed by atoms with E-state index in [2.05, 4.69) is 37.2 Å². The molecule has 0 radical (unpaired) electrons. The third-order valence-electron chi connectivity index (χ3n) is 3.28. The van der Waals surface area contributed by atoms with Crippen LogP contribution < -0.4 is 10.5 Å². The maximum Gasteiger partial charge on any atom is 0.122 e. The molecule has 0 atom stereocenters. The van der Waals surface area contributed by atoms with Crippen LogP contribution in [0, 0.1) is 0 Å². The van der Waals surface area contributed by atoms with E-state index in [1.165, 1.54) is 11.1 Å². The summed E-state index contributed by atoms with van der Waals surface area (Å²) in [6.45, 7) is 0.953. The van der Waals surface area contributed by atoms with Crippen molar-refractivity contribution in [2.24, 2.45) is 5.73 Å². The van der Waals surface area contributed by atoms with Gasteiger partial charge in [-0.25, -0.2) is 0 Å². The Labute approximate surface area is 104 Å². The summed E-state index contributed by atoms with van der Waals surface area (Å²) in [6.07, 6.45) is 3.19. The van der Waals surface area contributed by atoms with Crippen molar-refractivity contribution in [3.05, 3.63) is 29.3 Å². The number of methoxy groups -OCH3 is 1. The van der Waals surface area contributed by atoms with Gasteiger partial charge in [-0.05, 0) is 50.6 Å². The minimum atomic E-state index is 0.0318. The Hall–Kier alpha value is -1.06. The topological polar surface area (TPSA) is 38.5 Å². The van der Waals surface area contributed by atoms with E-state index in [1.807, 2.05) is 0 Å². The molecule has 3 heteroatoms. The molecule has 0 amide bonds. The highest BCUT2D eigenvalue weighted by Gasteiger charge is 2.38. The zero-order chi connectivity index (χ0) is 12.5. The largest absolute Gasteiger partial charge is 0.496 e. The number of hydrogen-bond acceptors (Lipinski definition) is 3. The van der Waals surface area contributed by atoms with Crippen LogP contribution in [0.1, 0.15) is 24.0 Å². The third kappa shape index (κ3) is 3.20. The van der Waals surface area contributed by atoms with Crippen molar-refractivity contribution >= 4 is 0 Å². The highest BCUT2D eigenvalue weighted by molar-refractivity contribution is 5.39. The van der Waals surface area contributed by atoms with Gasteiger partial charge in [0.2, 0.25) is 0 Å². The number of hydrogen-bond donors (Lipinski definition) is 1. The summed E-state index contributed by atoms with van der Waals surface area (Å²) in [5.41, 5.74) is 8.78. The van der Waals surface area contributed by atoms with E-state index in [0.717, 1.165) is 31.6 Å². The molecule has 1 aromatic rings. The lowest BCUT2D eigenvalue weighted by Gasteiger charge is -2.16. The zero-order valence-corrected chi connectivity index (χ0v) is 11.0. The van der Waals surface area contributed by atoms with Gasteiger partial charge in [0.1, 0.15) is 5.75 Å². The standard InChI is InChI=1S/C14H22N2O/c1-16(2)10-11-4-5-13(17-3)12(8-11)9-14(15)6-7-14/h4-5,8H,6-7,9-10,15H2,1-3H3. The van der Waals surface area contributed by atoms with Crippen molar-refractivity contribution in [1.29, 1.82) is 0 Å². The van der Waals surface area contributed by atoms with Crippen molar-refractivity contribution in [2.75, 3.05) is 21.2 Å². The SMILES string of the molecule is COc1ccc(CN(C)C)cc1CC1(N)CC1. The van der Waals surface area contributed by atoms with Gasteiger partial charge in [-0.1, -0.05) is 12.1 Å². The lowest BCUT2D eigenvalue weighted by atomic mass is 10.0. The number of benzene rings is 1. The van der Waals surface area contributed by atoms with Gasteiger partial charge in [-0.15, -0.1) is 0 Å². The van der Waals surface area contributed by atoms with E-state index in [1.54, 1.807) is 7.11 Å². The van der Waals surface area contributed by atoms with Crippen LogP contribution in [-0.2, 0) is 13.0 Å². The molecule has 1 aliphatic rings. The molecule has 0 aromatic heterocycles. The fourth-order valence-corrected chi connectivity index (χ4v) is 2.15. The summed E-state index contributed by atoms with van der Waals surface area (Å²) >= 11 is 0. The Morgan fingerprint density at radius 2 is 2.06 bits per heavy atom. The average Bonchev–Trinajstić information content (AvgIpc) is 2.95. The molecule has 2 rings (SSSR count). The lowest BCUT2D eigenvalue weighted by molar-refractivity contribution is 0.396. The molecule has 0 aliphatic heterocycles. The smallest absolute Gasteiger partial charge is 0.122 e. The van der Waals surface area contributed by atoms with Crippen molar-refractivity contribution in [3.8, 4) is 5.75 Å². The van der Waals surface area contributed by atoms with E-state index in [0.29, 0.717) is 0 Å². The molecule has 1 fully saturated rings. The minimum Gasteiger partial charge on any atom is -0.496 e. The van der Waals surface area contributed by atoms with Gasteiger partial charge in [0.05, 0.1) is 7.11 Å². The maximum absolute atomic E-state index is 6.19. The van der Waals surface area contributed by atoms with Crippen molar-refractivity contribution in [1.82, 2.24) is 4.90 Å². The average molecular weight is 234 g/mol. The molecule has 0 spiro atoms. The van der Waals surface area contributed by atoms with E-state index in [-0.39, 0.29) is 5.54 Å². The number of nitrogens with two attached hydrogens (primary N) is 1. The molecule has 1 aliphatic carbocycles. The summed E-state index contributed by atoms with van der Waals surface area (Å²) in [4.78, 5) is 2.17. The zero-order valence-electron chi connectivity index (χ0n) is 11.0. The highest BCUT2D eigenvalue weighted by atomic mass is 16.5. The summed E-state index contributed by atoms with van der Waals surface area (Å²) in [7, 11) is 5.88. The lowest BCUT2D eigenvalue weighted by Crippen LogP contribution is -2.25. The van der Waals surface area contributed by atoms with Gasteiger partial charge in [0.15, 0.2) is 0 Å². The second-order valence-electron chi connectivity index (χ2n) is 5.42. The minimum absolute atomic E-state index is 0.0318. The quantitative estimate of drug-likeness (QED) is 0.844. The van der Waals surface area contributed by atoms with E-state index in [4.69, 9.17) is 10.5 Å². The summed E-state index contributed by atoms with van der Waals surface area (Å²) < 4.78 is 5.41. The first-order chi connectivity index (χ1) is 8.02. The second kappa shape index (κ2) is 4.67. The van der Waals surface area contributed by atoms with E-state index < -0.39 is 0 Å². The molecule has 94 valence electrons. The Morgan fingerprint density at radius 1 is 1.35 bits per heavy atom. The molecule has 0 bridgehead atoms. The normalized spacial score (nSPS) is 17.2. The molecule has 1 saturated carbocycles. The van der Waals surface area contributed by atoms with Crippen molar-refractivity contribution in [3.63, 3.8) is 0 Å². The van der Waals surface area contributed by atoms with Crippen LogP contribution >= 0.6 is 0 Å². The maximum atomic E-state index is 6.19. The van der Waals surface area contributed by atoms with Gasteiger partial charge < -0.3 is 15.4 Å². The van der Waals surface area contributed by atoms with Crippen molar-refractivity contribution < 1.29 is 4.74 Å². The first-order valence-electron chi connectivity index (χ1n) is 6.12. The fraction of sp³-hybridized carbons (Fsp3) is 0.571. The molecule has 17 heavy (non-hydrogen) atoms. The first kappa shape index (κ1) is 12.4. The molecule has 1 aromatic carbocycles. The van der Waals surface area contributed by atoms with Crippen LogP contribution in [0.2, 0.25) is 0 Å². The monoisotopic (exact) mass is 234 g/mol. The summed E-state index contributed by atoms with van der Waals surface area (Å²) in [5.74, 6) is 0.962. The number of rotatable bonds is 5. The molecule has 0 unspecified atom stereocenters. The predicted octanol–water partition coefficient (Wildman–Crippen LogP) is 1.79. The highest BCUT2D eigenvalue weighted by Crippen LogP contribution is 2.38. The second-order valence-corrected chi connectivity index (χ2v) is 5.42. The molecular weight excluding hydrogens is 212 g/mol. The Bertz CT molecular complexity index is 397. The van der Waals surface area contributed by atoms with Crippen LogP contribution in [0.3, 0.4) is 0 Å². The van der Waals surface area contributed by atoms with Crippen LogP contribution in [0.25, 0.3) is 0 Å². The van der Waals surface area contributed by atoms with Gasteiger partial charge in [0.25, 0.3) is 0 Å². The van der Waals surface area contributed by atoms with E-state index >= 15 is 0 Å². The predicted molar refractivity (Wildman–Crippen MR) is 70.2 cm³/mol. The van der Waals surface area contributed by atoms with Gasteiger partial charge in [0, 0.05) is 12.1 Å². The Balaban J connectivity index is 2.19. The van der Waals surface area contributed by atoms with Crippen molar-refractivity contribution in [2.45, 2.75) is 31.3 Å². The summed E-state index contributed by atoms with van der Waals surface area (Å²) in [6, 6.07) is 6.41. The first-order valence-corrected chi connectivity index (χ1v) is 6.12. The number of nitrogens with zero attached hydrogens (tertiary/aromatic N) is 1. The number of ether oxygens (including phenoxy) is 1. The van der Waals surface area contributed by atoms with Crippen LogP contribution in [-0.4, -0.2) is 31.6 Å². The Kier molecular flexibility index (Phi) is 3.40. The van der Waals surface area contributed by atoms with E-state index in [9.17, 15) is 0 Å². The molecular formula is C14H22N2O. The molecule has 0 heterocycles. The van der Waals surface area contributed by atoms with Crippen LogP contribution in [0.15, 0.2) is 18.2 Å².